The van der Waals surface area contributed by atoms with Gasteiger partial charge in [-0.2, -0.15) is 0 Å². The van der Waals surface area contributed by atoms with Crippen molar-refractivity contribution in [2.24, 2.45) is 0 Å². The van der Waals surface area contributed by atoms with Gasteiger partial charge >= 0.3 is 8.97 Å². The quantitative estimate of drug-likeness (QED) is 0.615. The number of nitrogens with one attached hydrogen (secondary N) is 1. The van der Waals surface area contributed by atoms with Gasteiger partial charge in [-0.1, -0.05) is 13.3 Å². The van der Waals surface area contributed by atoms with E-state index in [-0.39, 0.29) is 5.54 Å². The molecule has 0 fully saturated rings. The van der Waals surface area contributed by atoms with Gasteiger partial charge in [-0.3, -0.25) is 4.98 Å². The van der Waals surface area contributed by atoms with Crippen molar-refractivity contribution < 1.29 is 13.3 Å². The fourth-order valence-electron chi connectivity index (χ4n) is 1.91. The molecule has 104 valence electrons. The second-order valence-electron chi connectivity index (χ2n) is 4.61. The summed E-state index contributed by atoms with van der Waals surface area (Å²) in [5, 5.41) is 0. The first-order valence-electron chi connectivity index (χ1n) is 6.66. The topological polar surface area (TPSA) is 39.7 Å². The Bertz CT molecular complexity index is 183. The highest BCUT2D eigenvalue weighted by molar-refractivity contribution is 6.58. The zero-order valence-electron chi connectivity index (χ0n) is 12.3. The molecule has 0 spiro atoms. The number of hydrogen-bond acceptors (Lipinski definition) is 4. The molecule has 0 aromatic heterocycles. The van der Waals surface area contributed by atoms with E-state index >= 15 is 0 Å². The summed E-state index contributed by atoms with van der Waals surface area (Å²) in [4.78, 5) is 3.48. The minimum atomic E-state index is -2.72. The Hall–Kier alpha value is 0.0569. The molecule has 0 saturated carbocycles. The molecule has 0 bridgehead atoms. The number of rotatable bonds is 10. The van der Waals surface area contributed by atoms with Crippen molar-refractivity contribution in [3.8, 4) is 0 Å². The second kappa shape index (κ2) is 8.21. The van der Waals surface area contributed by atoms with Crippen molar-refractivity contribution >= 4 is 8.97 Å². The summed E-state index contributed by atoms with van der Waals surface area (Å²) in [7, 11) is -2.72. The van der Waals surface area contributed by atoms with Crippen LogP contribution in [0.1, 0.15) is 54.4 Å². The highest BCUT2D eigenvalue weighted by Gasteiger charge is 2.45. The minimum Gasteiger partial charge on any atom is -0.361 e. The predicted molar refractivity (Wildman–Crippen MR) is 72.8 cm³/mol. The summed E-state index contributed by atoms with van der Waals surface area (Å²) >= 11 is 0. The van der Waals surface area contributed by atoms with Crippen LogP contribution in [0.5, 0.6) is 0 Å². The predicted octanol–water partition coefficient (Wildman–Crippen LogP) is 2.70. The van der Waals surface area contributed by atoms with E-state index in [1.807, 2.05) is 20.8 Å². The SMILES string of the molecule is CCCC(C)(C)N[Si](OCC)(OCC)OCC. The van der Waals surface area contributed by atoms with E-state index in [1.54, 1.807) is 0 Å². The van der Waals surface area contributed by atoms with Gasteiger partial charge in [-0.25, -0.2) is 0 Å². The van der Waals surface area contributed by atoms with Crippen LogP contribution in [0.3, 0.4) is 0 Å². The lowest BCUT2D eigenvalue weighted by molar-refractivity contribution is 0.0499. The first-order valence-corrected chi connectivity index (χ1v) is 8.39. The van der Waals surface area contributed by atoms with Gasteiger partial charge in [0.25, 0.3) is 0 Å². The lowest BCUT2D eigenvalue weighted by Gasteiger charge is -2.36. The van der Waals surface area contributed by atoms with Gasteiger partial charge in [-0.05, 0) is 41.0 Å². The monoisotopic (exact) mass is 263 g/mol. The highest BCUT2D eigenvalue weighted by atomic mass is 28.4. The maximum Gasteiger partial charge on any atom is 0.597 e. The van der Waals surface area contributed by atoms with Gasteiger partial charge in [0.15, 0.2) is 0 Å². The van der Waals surface area contributed by atoms with E-state index in [2.05, 4.69) is 25.8 Å². The molecule has 0 aromatic carbocycles. The van der Waals surface area contributed by atoms with E-state index in [0.717, 1.165) is 12.8 Å². The van der Waals surface area contributed by atoms with E-state index in [1.165, 1.54) is 0 Å². The van der Waals surface area contributed by atoms with Crippen molar-refractivity contribution in [1.29, 1.82) is 0 Å². The molecule has 0 rings (SSSR count). The van der Waals surface area contributed by atoms with E-state index < -0.39 is 8.97 Å². The molecule has 0 heterocycles. The summed E-state index contributed by atoms with van der Waals surface area (Å²) in [5.74, 6) is 0. The summed E-state index contributed by atoms with van der Waals surface area (Å²) in [6.07, 6.45) is 2.18. The van der Waals surface area contributed by atoms with Gasteiger partial charge in [-0.15, -0.1) is 0 Å². The smallest absolute Gasteiger partial charge is 0.361 e. The molecule has 5 heteroatoms. The van der Waals surface area contributed by atoms with Gasteiger partial charge in [0.2, 0.25) is 0 Å². The van der Waals surface area contributed by atoms with Crippen LogP contribution in [0.4, 0.5) is 0 Å². The first kappa shape index (κ1) is 17.1. The summed E-state index contributed by atoms with van der Waals surface area (Å²) in [6, 6.07) is 0. The Labute approximate surface area is 107 Å². The van der Waals surface area contributed by atoms with E-state index in [0.29, 0.717) is 19.8 Å². The van der Waals surface area contributed by atoms with Crippen LogP contribution in [0.2, 0.25) is 0 Å². The molecule has 0 unspecified atom stereocenters. The van der Waals surface area contributed by atoms with Crippen LogP contribution in [-0.4, -0.2) is 34.3 Å². The molecule has 0 aliphatic carbocycles. The van der Waals surface area contributed by atoms with E-state index in [4.69, 9.17) is 13.3 Å². The molecule has 4 nitrogen and oxygen atoms in total. The van der Waals surface area contributed by atoms with Crippen LogP contribution in [-0.2, 0) is 13.3 Å². The Morgan fingerprint density at radius 3 is 1.59 bits per heavy atom. The van der Waals surface area contributed by atoms with Gasteiger partial charge in [0, 0.05) is 25.4 Å². The second-order valence-corrected chi connectivity index (χ2v) is 6.84. The molecule has 17 heavy (non-hydrogen) atoms. The number of hydrogen-bond donors (Lipinski definition) is 1. The molecule has 1 N–H and O–H groups in total. The molecule has 0 radical (unpaired) electrons. The first-order chi connectivity index (χ1) is 7.95. The molecule has 0 aliphatic rings. The van der Waals surface area contributed by atoms with Crippen molar-refractivity contribution in [1.82, 2.24) is 4.98 Å². The highest BCUT2D eigenvalue weighted by Crippen LogP contribution is 2.17. The average Bonchev–Trinajstić information content (AvgIpc) is 2.17. The normalized spacial score (nSPS) is 13.1. The van der Waals surface area contributed by atoms with Crippen LogP contribution >= 0.6 is 0 Å². The maximum atomic E-state index is 5.78. The third-order valence-corrected chi connectivity index (χ3v) is 5.36. The molecule has 0 saturated heterocycles. The third-order valence-electron chi connectivity index (χ3n) is 2.37. The summed E-state index contributed by atoms with van der Waals surface area (Å²) in [5.41, 5.74) is -0.0273. The van der Waals surface area contributed by atoms with Gasteiger partial charge in [0.05, 0.1) is 0 Å². The molecule has 0 atom stereocenters. The lowest BCUT2D eigenvalue weighted by atomic mass is 10.0. The van der Waals surface area contributed by atoms with Crippen molar-refractivity contribution in [3.63, 3.8) is 0 Å². The average molecular weight is 263 g/mol. The molecular formula is C12H29NO3Si. The Kier molecular flexibility index (Phi) is 8.24. The van der Waals surface area contributed by atoms with Crippen LogP contribution < -0.4 is 4.98 Å². The van der Waals surface area contributed by atoms with Crippen LogP contribution in [0.15, 0.2) is 0 Å². The van der Waals surface area contributed by atoms with E-state index in [9.17, 15) is 0 Å². The van der Waals surface area contributed by atoms with Crippen molar-refractivity contribution in [3.05, 3.63) is 0 Å². The lowest BCUT2D eigenvalue weighted by Crippen LogP contribution is -2.65. The third kappa shape index (κ3) is 6.52. The maximum absolute atomic E-state index is 5.78. The minimum absolute atomic E-state index is 0.0273. The summed E-state index contributed by atoms with van der Waals surface area (Å²) < 4.78 is 17.3. The molecule has 0 amide bonds. The van der Waals surface area contributed by atoms with Crippen molar-refractivity contribution in [2.75, 3.05) is 19.8 Å². The molecule has 0 aliphatic heterocycles. The molecule has 0 aromatic rings. The van der Waals surface area contributed by atoms with Crippen molar-refractivity contribution in [2.45, 2.75) is 59.9 Å². The Morgan fingerprint density at radius 1 is 0.882 bits per heavy atom. The summed E-state index contributed by atoms with van der Waals surface area (Å²) in [6.45, 7) is 14.2. The van der Waals surface area contributed by atoms with Crippen LogP contribution in [0, 0.1) is 0 Å². The van der Waals surface area contributed by atoms with Crippen LogP contribution in [0.25, 0.3) is 0 Å². The zero-order valence-corrected chi connectivity index (χ0v) is 13.3. The standard InChI is InChI=1S/C12H29NO3Si/c1-7-11-12(5,6)13-17(14-8-2,15-9-3)16-10-4/h13H,7-11H2,1-6H3. The zero-order chi connectivity index (χ0) is 13.4. The fraction of sp³-hybridized carbons (Fsp3) is 1.00. The Balaban J connectivity index is 4.74. The fourth-order valence-corrected chi connectivity index (χ4v) is 4.47. The molecular weight excluding hydrogens is 234 g/mol. The largest absolute Gasteiger partial charge is 0.597 e. The van der Waals surface area contributed by atoms with Gasteiger partial charge < -0.3 is 13.3 Å². The Morgan fingerprint density at radius 2 is 1.29 bits per heavy atom. The van der Waals surface area contributed by atoms with Gasteiger partial charge in [0.1, 0.15) is 0 Å².